The summed E-state index contributed by atoms with van der Waals surface area (Å²) in [4.78, 5) is 25.1. The molecule has 128 valence electrons. The van der Waals surface area contributed by atoms with Crippen LogP contribution in [0, 0.1) is 0 Å². The molecule has 1 fully saturated rings. The minimum atomic E-state index is -4.79. The van der Waals surface area contributed by atoms with Gasteiger partial charge in [-0.2, -0.15) is 13.2 Å². The molecule has 22 heavy (non-hydrogen) atoms. The summed E-state index contributed by atoms with van der Waals surface area (Å²) in [6.07, 6.45) is -3.61. The number of likely N-dealkylation sites (tertiary alicyclic amines) is 1. The second-order valence-corrected chi connectivity index (χ2v) is 5.55. The average molecular weight is 324 g/mol. The monoisotopic (exact) mass is 324 g/mol. The van der Waals surface area contributed by atoms with Crippen LogP contribution in [0.25, 0.3) is 0 Å². The van der Waals surface area contributed by atoms with Crippen LogP contribution < -0.4 is 5.32 Å². The highest BCUT2D eigenvalue weighted by Gasteiger charge is 2.43. The quantitative estimate of drug-likeness (QED) is 0.807. The largest absolute Gasteiger partial charge is 0.416 e. The van der Waals surface area contributed by atoms with Gasteiger partial charge in [0.2, 0.25) is 11.8 Å². The highest BCUT2D eigenvalue weighted by Crippen LogP contribution is 2.23. The third kappa shape index (κ3) is 5.82. The minimum absolute atomic E-state index is 0.0552. The Morgan fingerprint density at radius 1 is 1.32 bits per heavy atom. The summed E-state index contributed by atoms with van der Waals surface area (Å²) in [6, 6.07) is -1.41. The fourth-order valence-electron chi connectivity index (χ4n) is 2.44. The number of nitrogens with one attached hydrogen (secondary N) is 1. The SMILES string of the molecule is CC[C@H](NC(=O)CN1CCCCCCC1=O)[C@@H](O)C(F)(F)F. The highest BCUT2D eigenvalue weighted by molar-refractivity contribution is 5.85. The van der Waals surface area contributed by atoms with Gasteiger partial charge in [-0.15, -0.1) is 0 Å². The summed E-state index contributed by atoms with van der Waals surface area (Å²) in [5.41, 5.74) is 0. The van der Waals surface area contributed by atoms with Crippen LogP contribution in [0.2, 0.25) is 0 Å². The maximum atomic E-state index is 12.5. The van der Waals surface area contributed by atoms with Crippen molar-refractivity contribution >= 4 is 11.8 Å². The smallest absolute Gasteiger partial charge is 0.382 e. The van der Waals surface area contributed by atoms with Crippen LogP contribution in [-0.4, -0.2) is 53.2 Å². The van der Waals surface area contributed by atoms with Crippen molar-refractivity contribution in [2.75, 3.05) is 13.1 Å². The summed E-state index contributed by atoms with van der Waals surface area (Å²) < 4.78 is 37.5. The number of aliphatic hydroxyl groups is 1. The van der Waals surface area contributed by atoms with Crippen LogP contribution in [0.5, 0.6) is 0 Å². The minimum Gasteiger partial charge on any atom is -0.382 e. The molecule has 2 atom stereocenters. The fourth-order valence-corrected chi connectivity index (χ4v) is 2.44. The lowest BCUT2D eigenvalue weighted by Gasteiger charge is -2.28. The van der Waals surface area contributed by atoms with E-state index in [0.717, 1.165) is 25.7 Å². The van der Waals surface area contributed by atoms with E-state index in [2.05, 4.69) is 5.32 Å². The fraction of sp³-hybridized carbons (Fsp3) is 0.857. The molecule has 0 unspecified atom stereocenters. The Kier molecular flexibility index (Phi) is 7.12. The molecular formula is C14H23F3N2O3. The standard InChI is InChI=1S/C14H23F3N2O3/c1-2-10(13(22)14(15,16)17)18-11(20)9-19-8-6-4-3-5-7-12(19)21/h10,13,22H,2-9H2,1H3,(H,18,20)/t10-,13+/m0/s1. The van der Waals surface area contributed by atoms with Crippen LogP contribution >= 0.6 is 0 Å². The zero-order chi connectivity index (χ0) is 16.8. The summed E-state index contributed by atoms with van der Waals surface area (Å²) in [5, 5.41) is 11.4. The molecule has 0 aromatic rings. The Morgan fingerprint density at radius 2 is 1.95 bits per heavy atom. The number of aliphatic hydroxyl groups excluding tert-OH is 1. The number of carbonyl (C=O) groups is 2. The molecule has 5 nitrogen and oxygen atoms in total. The van der Waals surface area contributed by atoms with Gasteiger partial charge in [0.05, 0.1) is 12.6 Å². The predicted octanol–water partition coefficient (Wildman–Crippen LogP) is 1.60. The number of carbonyl (C=O) groups excluding carboxylic acids is 2. The Morgan fingerprint density at radius 3 is 2.55 bits per heavy atom. The molecule has 1 aliphatic heterocycles. The first-order valence-corrected chi connectivity index (χ1v) is 7.57. The second-order valence-electron chi connectivity index (χ2n) is 5.55. The number of alkyl halides is 3. The summed E-state index contributed by atoms with van der Waals surface area (Å²) >= 11 is 0. The maximum absolute atomic E-state index is 12.5. The van der Waals surface area contributed by atoms with E-state index in [1.807, 2.05) is 0 Å². The Hall–Kier alpha value is -1.31. The summed E-state index contributed by atoms with van der Waals surface area (Å²) in [6.45, 7) is 1.62. The molecule has 0 aromatic carbocycles. The second kappa shape index (κ2) is 8.36. The number of hydrogen-bond donors (Lipinski definition) is 2. The summed E-state index contributed by atoms with van der Waals surface area (Å²) in [5.74, 6) is -0.830. The third-order valence-corrected chi connectivity index (χ3v) is 3.76. The van der Waals surface area contributed by atoms with E-state index in [1.165, 1.54) is 11.8 Å². The number of nitrogens with zero attached hydrogens (tertiary/aromatic N) is 1. The van der Waals surface area contributed by atoms with Gasteiger partial charge in [0.25, 0.3) is 0 Å². The van der Waals surface area contributed by atoms with E-state index in [4.69, 9.17) is 0 Å². The highest BCUT2D eigenvalue weighted by atomic mass is 19.4. The number of hydrogen-bond acceptors (Lipinski definition) is 3. The Bertz CT molecular complexity index is 388. The topological polar surface area (TPSA) is 69.6 Å². The zero-order valence-electron chi connectivity index (χ0n) is 12.7. The van der Waals surface area contributed by atoms with Gasteiger partial charge in [-0.05, 0) is 19.3 Å². The molecule has 1 aliphatic rings. The van der Waals surface area contributed by atoms with Crippen LogP contribution in [0.1, 0.15) is 45.4 Å². The molecule has 1 rings (SSSR count). The molecule has 0 saturated carbocycles. The van der Waals surface area contributed by atoms with E-state index < -0.39 is 24.2 Å². The first-order valence-electron chi connectivity index (χ1n) is 7.57. The maximum Gasteiger partial charge on any atom is 0.416 e. The van der Waals surface area contributed by atoms with E-state index in [1.54, 1.807) is 0 Å². The van der Waals surface area contributed by atoms with Crippen molar-refractivity contribution in [3.63, 3.8) is 0 Å². The van der Waals surface area contributed by atoms with Crippen molar-refractivity contribution in [3.05, 3.63) is 0 Å². The molecule has 8 heteroatoms. The lowest BCUT2D eigenvalue weighted by Crippen LogP contribution is -2.52. The Labute approximate surface area is 127 Å². The lowest BCUT2D eigenvalue weighted by molar-refractivity contribution is -0.212. The van der Waals surface area contributed by atoms with Crippen molar-refractivity contribution in [1.82, 2.24) is 10.2 Å². The van der Waals surface area contributed by atoms with Gasteiger partial charge in [-0.1, -0.05) is 19.8 Å². The van der Waals surface area contributed by atoms with Crippen molar-refractivity contribution in [2.24, 2.45) is 0 Å². The zero-order valence-corrected chi connectivity index (χ0v) is 12.7. The molecule has 0 spiro atoms. The lowest BCUT2D eigenvalue weighted by atomic mass is 10.1. The van der Waals surface area contributed by atoms with Crippen LogP contribution in [0.3, 0.4) is 0 Å². The number of rotatable bonds is 5. The van der Waals surface area contributed by atoms with E-state index in [9.17, 15) is 27.9 Å². The first-order chi connectivity index (χ1) is 10.3. The van der Waals surface area contributed by atoms with Crippen molar-refractivity contribution < 1.29 is 27.9 Å². The normalized spacial score (nSPS) is 20.0. The first kappa shape index (κ1) is 18.7. The molecule has 1 saturated heterocycles. The van der Waals surface area contributed by atoms with Gasteiger partial charge in [-0.3, -0.25) is 9.59 Å². The van der Waals surface area contributed by atoms with Crippen molar-refractivity contribution in [2.45, 2.75) is 63.8 Å². The molecule has 2 amide bonds. The van der Waals surface area contributed by atoms with Crippen LogP contribution in [-0.2, 0) is 9.59 Å². The molecule has 0 bridgehead atoms. The molecule has 0 radical (unpaired) electrons. The summed E-state index contributed by atoms with van der Waals surface area (Å²) in [7, 11) is 0. The predicted molar refractivity (Wildman–Crippen MR) is 73.9 cm³/mol. The molecule has 2 N–H and O–H groups in total. The van der Waals surface area contributed by atoms with Gasteiger partial charge in [0, 0.05) is 13.0 Å². The molecule has 0 aromatic heterocycles. The van der Waals surface area contributed by atoms with Gasteiger partial charge in [0.1, 0.15) is 0 Å². The van der Waals surface area contributed by atoms with Crippen molar-refractivity contribution in [3.8, 4) is 0 Å². The molecule has 0 aliphatic carbocycles. The van der Waals surface area contributed by atoms with E-state index in [0.29, 0.717) is 13.0 Å². The van der Waals surface area contributed by atoms with Crippen LogP contribution in [0.4, 0.5) is 13.2 Å². The molecular weight excluding hydrogens is 301 g/mol. The van der Waals surface area contributed by atoms with Gasteiger partial charge >= 0.3 is 6.18 Å². The number of halogens is 3. The van der Waals surface area contributed by atoms with Crippen molar-refractivity contribution in [1.29, 1.82) is 0 Å². The van der Waals surface area contributed by atoms with Crippen LogP contribution in [0.15, 0.2) is 0 Å². The Balaban J connectivity index is 2.57. The molecule has 1 heterocycles. The van der Waals surface area contributed by atoms with Gasteiger partial charge in [-0.25, -0.2) is 0 Å². The van der Waals surface area contributed by atoms with Gasteiger partial charge in [0.15, 0.2) is 6.10 Å². The third-order valence-electron chi connectivity index (χ3n) is 3.76. The van der Waals surface area contributed by atoms with Gasteiger partial charge < -0.3 is 15.3 Å². The average Bonchev–Trinajstić information content (AvgIpc) is 2.42. The number of amides is 2. The van der Waals surface area contributed by atoms with E-state index in [-0.39, 0.29) is 18.9 Å². The van der Waals surface area contributed by atoms with E-state index >= 15 is 0 Å².